The van der Waals surface area contributed by atoms with Crippen molar-refractivity contribution in [2.45, 2.75) is 6.61 Å². The lowest BCUT2D eigenvalue weighted by Crippen LogP contribution is -2.14. The molecule has 0 aliphatic heterocycles. The molecule has 0 bridgehead atoms. The third-order valence-corrected chi connectivity index (χ3v) is 3.01. The maximum atomic E-state index is 12.0. The maximum Gasteiger partial charge on any atom is 0.273 e. The number of pyridine rings is 1. The molecule has 6 heteroatoms. The molecule has 1 aromatic carbocycles. The number of ether oxygens (including phenoxy) is 1. The van der Waals surface area contributed by atoms with E-state index in [0.29, 0.717) is 17.1 Å². The smallest absolute Gasteiger partial charge is 0.273 e. The van der Waals surface area contributed by atoms with Crippen LogP contribution in [0.25, 0.3) is 5.82 Å². The number of nitrogens with zero attached hydrogens (tertiary/aromatic N) is 3. The van der Waals surface area contributed by atoms with Gasteiger partial charge in [-0.05, 0) is 18.2 Å². The molecule has 2 heterocycles. The number of aromatic nitrogens is 3. The summed E-state index contributed by atoms with van der Waals surface area (Å²) in [6, 6.07) is 15.9. The molecule has 0 saturated carbocycles. The van der Waals surface area contributed by atoms with Gasteiger partial charge in [0.1, 0.15) is 12.4 Å². The van der Waals surface area contributed by atoms with Gasteiger partial charge in [-0.2, -0.15) is 5.26 Å². The van der Waals surface area contributed by atoms with E-state index in [9.17, 15) is 4.79 Å². The van der Waals surface area contributed by atoms with E-state index in [-0.39, 0.29) is 12.2 Å². The number of hydrogen-bond acceptors (Lipinski definition) is 4. The predicted octanol–water partition coefficient (Wildman–Crippen LogP) is 2.01. The van der Waals surface area contributed by atoms with Gasteiger partial charge in [-0.15, -0.1) is 0 Å². The molecule has 0 amide bonds. The highest BCUT2D eigenvalue weighted by atomic mass is 16.5. The fourth-order valence-corrected chi connectivity index (χ4v) is 1.98. The Hall–Kier alpha value is -3.33. The van der Waals surface area contributed by atoms with E-state index < -0.39 is 0 Å². The predicted molar refractivity (Wildman–Crippen MR) is 79.7 cm³/mol. The van der Waals surface area contributed by atoms with Crippen molar-refractivity contribution in [2.24, 2.45) is 0 Å². The van der Waals surface area contributed by atoms with Crippen molar-refractivity contribution < 1.29 is 4.74 Å². The van der Waals surface area contributed by atoms with Crippen molar-refractivity contribution in [3.8, 4) is 17.6 Å². The van der Waals surface area contributed by atoms with Gasteiger partial charge in [-0.25, -0.2) is 9.67 Å². The maximum absolute atomic E-state index is 12.0. The molecule has 0 unspecified atom stereocenters. The van der Waals surface area contributed by atoms with Gasteiger partial charge in [0, 0.05) is 18.3 Å². The average molecular weight is 292 g/mol. The van der Waals surface area contributed by atoms with E-state index in [0.717, 1.165) is 5.75 Å². The zero-order valence-electron chi connectivity index (χ0n) is 11.6. The molecular weight excluding hydrogens is 280 g/mol. The minimum atomic E-state index is -0.255. The summed E-state index contributed by atoms with van der Waals surface area (Å²) in [5.41, 5.74) is 0.806. The Morgan fingerprint density at radius 3 is 2.82 bits per heavy atom. The van der Waals surface area contributed by atoms with Crippen LogP contribution in [0.2, 0.25) is 0 Å². The highest BCUT2D eigenvalue weighted by molar-refractivity contribution is 5.35. The Morgan fingerprint density at radius 2 is 2.05 bits per heavy atom. The summed E-state index contributed by atoms with van der Waals surface area (Å²) in [7, 11) is 0. The fourth-order valence-electron chi connectivity index (χ4n) is 1.98. The molecule has 3 aromatic rings. The van der Waals surface area contributed by atoms with Crippen LogP contribution in [0.5, 0.6) is 5.75 Å². The van der Waals surface area contributed by atoms with E-state index in [1.165, 1.54) is 16.9 Å². The Labute approximate surface area is 126 Å². The third-order valence-electron chi connectivity index (χ3n) is 3.01. The highest BCUT2D eigenvalue weighted by Gasteiger charge is 2.07. The summed E-state index contributed by atoms with van der Waals surface area (Å²) in [5, 5.41) is 11.8. The second-order valence-electron chi connectivity index (χ2n) is 4.57. The van der Waals surface area contributed by atoms with Crippen LogP contribution in [-0.4, -0.2) is 14.8 Å². The number of rotatable bonds is 4. The number of H-pyrrole nitrogens is 1. The minimum absolute atomic E-state index is 0.240. The number of benzene rings is 1. The first-order valence-corrected chi connectivity index (χ1v) is 6.61. The van der Waals surface area contributed by atoms with Crippen LogP contribution in [-0.2, 0) is 6.61 Å². The molecule has 108 valence electrons. The molecule has 22 heavy (non-hydrogen) atoms. The van der Waals surface area contributed by atoms with Crippen molar-refractivity contribution in [1.82, 2.24) is 14.8 Å². The molecule has 2 aromatic heterocycles. The van der Waals surface area contributed by atoms with Crippen molar-refractivity contribution in [2.75, 3.05) is 0 Å². The molecule has 0 spiro atoms. The van der Waals surface area contributed by atoms with Crippen molar-refractivity contribution in [3.63, 3.8) is 0 Å². The van der Waals surface area contributed by atoms with Gasteiger partial charge in [0.05, 0.1) is 17.3 Å². The lowest BCUT2D eigenvalue weighted by atomic mass is 10.3. The van der Waals surface area contributed by atoms with Gasteiger partial charge in [0.25, 0.3) is 5.56 Å². The lowest BCUT2D eigenvalue weighted by molar-refractivity contribution is 0.300. The average Bonchev–Trinajstić information content (AvgIpc) is 2.95. The monoisotopic (exact) mass is 292 g/mol. The summed E-state index contributed by atoms with van der Waals surface area (Å²) in [6.07, 6.45) is 1.49. The summed E-state index contributed by atoms with van der Waals surface area (Å²) in [5.74, 6) is 1.09. The first-order chi connectivity index (χ1) is 10.8. The minimum Gasteiger partial charge on any atom is -0.487 e. The summed E-state index contributed by atoms with van der Waals surface area (Å²) in [4.78, 5) is 16.1. The largest absolute Gasteiger partial charge is 0.487 e. The van der Waals surface area contributed by atoms with E-state index in [2.05, 4.69) is 10.1 Å². The molecule has 1 N–H and O–H groups in total. The van der Waals surface area contributed by atoms with Crippen LogP contribution in [0.3, 0.4) is 0 Å². The fraction of sp³-hybridized carbons (Fsp3) is 0.0625. The van der Waals surface area contributed by atoms with Gasteiger partial charge >= 0.3 is 0 Å². The molecule has 0 aliphatic rings. The quantitative estimate of drug-likeness (QED) is 0.797. The number of nitrogens with one attached hydrogen (secondary N) is 1. The lowest BCUT2D eigenvalue weighted by Gasteiger charge is -2.04. The van der Waals surface area contributed by atoms with E-state index in [4.69, 9.17) is 10.00 Å². The number of para-hydroxylation sites is 1. The normalized spacial score (nSPS) is 10.1. The summed E-state index contributed by atoms with van der Waals surface area (Å²) >= 11 is 0. The number of nitriles is 1. The molecule has 3 rings (SSSR count). The van der Waals surface area contributed by atoms with Gasteiger partial charge in [0.15, 0.2) is 5.82 Å². The van der Waals surface area contributed by atoms with E-state index >= 15 is 0 Å². The summed E-state index contributed by atoms with van der Waals surface area (Å²) < 4.78 is 6.87. The molecule has 0 atom stereocenters. The van der Waals surface area contributed by atoms with E-state index in [1.807, 2.05) is 36.4 Å². The van der Waals surface area contributed by atoms with Crippen LogP contribution in [0, 0.1) is 11.3 Å². The topological polar surface area (TPSA) is 83.7 Å². The molecule has 6 nitrogen and oxygen atoms in total. The Kier molecular flexibility index (Phi) is 3.70. The zero-order chi connectivity index (χ0) is 15.4. The Balaban J connectivity index is 1.82. The first-order valence-electron chi connectivity index (χ1n) is 6.61. The van der Waals surface area contributed by atoms with Crippen LogP contribution in [0.4, 0.5) is 0 Å². The van der Waals surface area contributed by atoms with Gasteiger partial charge in [-0.3, -0.25) is 9.89 Å². The van der Waals surface area contributed by atoms with Gasteiger partial charge < -0.3 is 4.74 Å². The van der Waals surface area contributed by atoms with Gasteiger partial charge in [0.2, 0.25) is 0 Å². The van der Waals surface area contributed by atoms with Gasteiger partial charge in [-0.1, -0.05) is 18.2 Å². The van der Waals surface area contributed by atoms with Crippen molar-refractivity contribution in [3.05, 3.63) is 76.3 Å². The van der Waals surface area contributed by atoms with Crippen molar-refractivity contribution in [1.29, 1.82) is 5.26 Å². The SMILES string of the molecule is N#Cc1ccnc(-n2[nH]c(COc3ccccc3)cc2=O)c1. The molecular formula is C16H12N4O2. The zero-order valence-corrected chi connectivity index (χ0v) is 11.6. The molecule has 0 saturated heterocycles. The van der Waals surface area contributed by atoms with E-state index in [1.54, 1.807) is 12.1 Å². The van der Waals surface area contributed by atoms with Crippen LogP contribution >= 0.6 is 0 Å². The van der Waals surface area contributed by atoms with Crippen LogP contribution in [0.1, 0.15) is 11.3 Å². The standard InChI is InChI=1S/C16H12N4O2/c17-10-12-6-7-18-15(8-12)20-16(21)9-13(19-20)11-22-14-4-2-1-3-5-14/h1-9,19H,11H2. The van der Waals surface area contributed by atoms with Crippen molar-refractivity contribution >= 4 is 0 Å². The Morgan fingerprint density at radius 1 is 1.23 bits per heavy atom. The molecule has 0 radical (unpaired) electrons. The molecule has 0 fully saturated rings. The van der Waals surface area contributed by atoms with Crippen LogP contribution in [0.15, 0.2) is 59.5 Å². The molecule has 0 aliphatic carbocycles. The second-order valence-corrected chi connectivity index (χ2v) is 4.57. The summed E-state index contributed by atoms with van der Waals surface area (Å²) in [6.45, 7) is 0.240. The second kappa shape index (κ2) is 5.97. The van der Waals surface area contributed by atoms with Crippen LogP contribution < -0.4 is 10.3 Å². The number of hydrogen-bond donors (Lipinski definition) is 1. The first kappa shape index (κ1) is 13.6. The highest BCUT2D eigenvalue weighted by Crippen LogP contribution is 2.10. The Bertz CT molecular complexity index is 875. The number of aromatic amines is 1. The third kappa shape index (κ3) is 2.88.